The van der Waals surface area contributed by atoms with E-state index in [1.807, 2.05) is 13.1 Å². The number of hydrogen-bond acceptors (Lipinski definition) is 2. The lowest BCUT2D eigenvalue weighted by molar-refractivity contribution is 0.534. The maximum Gasteiger partial charge on any atom is 0.0412 e. The first-order valence-electron chi connectivity index (χ1n) is 8.12. The second-order valence-corrected chi connectivity index (χ2v) is 7.09. The summed E-state index contributed by atoms with van der Waals surface area (Å²) in [7, 11) is 1.98. The Morgan fingerprint density at radius 3 is 2.10 bits per heavy atom. The van der Waals surface area contributed by atoms with Crippen molar-refractivity contribution in [3.8, 4) is 0 Å². The van der Waals surface area contributed by atoms with Gasteiger partial charge in [-0.3, -0.25) is 0 Å². The number of rotatable bonds is 9. The maximum absolute atomic E-state index is 6.17. The Hall–Kier alpha value is -0.730. The van der Waals surface area contributed by atoms with Crippen LogP contribution in [0.1, 0.15) is 46.1 Å². The largest absolute Gasteiger partial charge is 0.371 e. The molecule has 0 unspecified atom stereocenters. The van der Waals surface area contributed by atoms with Gasteiger partial charge in [0, 0.05) is 30.3 Å². The van der Waals surface area contributed by atoms with Crippen molar-refractivity contribution in [2.75, 3.05) is 25.0 Å². The molecule has 0 saturated carbocycles. The van der Waals surface area contributed by atoms with Crippen molar-refractivity contribution in [1.29, 1.82) is 0 Å². The fraction of sp³-hybridized carbons (Fsp3) is 0.667. The molecule has 1 aromatic rings. The van der Waals surface area contributed by atoms with E-state index in [-0.39, 0.29) is 0 Å². The average Bonchev–Trinajstić information content (AvgIpc) is 2.40. The molecule has 120 valence electrons. The van der Waals surface area contributed by atoms with E-state index in [4.69, 9.17) is 11.6 Å². The molecule has 2 nitrogen and oxygen atoms in total. The minimum atomic E-state index is 0.728. The van der Waals surface area contributed by atoms with Crippen molar-refractivity contribution in [1.82, 2.24) is 5.32 Å². The zero-order valence-electron chi connectivity index (χ0n) is 14.2. The lowest BCUT2D eigenvalue weighted by Gasteiger charge is -2.29. The van der Waals surface area contributed by atoms with Crippen LogP contribution in [-0.4, -0.2) is 20.1 Å². The van der Waals surface area contributed by atoms with Crippen LogP contribution in [0.5, 0.6) is 0 Å². The van der Waals surface area contributed by atoms with Gasteiger partial charge in [-0.05, 0) is 55.5 Å². The van der Waals surface area contributed by atoms with Crippen LogP contribution in [0, 0.1) is 11.8 Å². The highest BCUT2D eigenvalue weighted by Crippen LogP contribution is 2.26. The molecule has 0 amide bonds. The SMILES string of the molecule is CNCc1cc(Cl)ccc1N(CCC(C)C)CCC(C)C. The zero-order chi connectivity index (χ0) is 15.8. The first-order valence-corrected chi connectivity index (χ1v) is 8.49. The minimum absolute atomic E-state index is 0.728. The summed E-state index contributed by atoms with van der Waals surface area (Å²) in [5.74, 6) is 1.46. The quantitative estimate of drug-likeness (QED) is 0.693. The number of hydrogen-bond donors (Lipinski definition) is 1. The molecular weight excluding hydrogens is 280 g/mol. The van der Waals surface area contributed by atoms with Crippen LogP contribution in [0.4, 0.5) is 5.69 Å². The van der Waals surface area contributed by atoms with Crippen LogP contribution in [0.15, 0.2) is 18.2 Å². The van der Waals surface area contributed by atoms with Crippen molar-refractivity contribution < 1.29 is 0 Å². The Morgan fingerprint density at radius 1 is 1.05 bits per heavy atom. The van der Waals surface area contributed by atoms with E-state index in [0.29, 0.717) is 0 Å². The second kappa shape index (κ2) is 9.32. The predicted molar refractivity (Wildman–Crippen MR) is 95.3 cm³/mol. The third-order valence-electron chi connectivity index (χ3n) is 3.70. The Balaban J connectivity index is 2.93. The van der Waals surface area contributed by atoms with Gasteiger partial charge in [0.15, 0.2) is 0 Å². The molecule has 0 aromatic heterocycles. The first-order chi connectivity index (χ1) is 9.93. The second-order valence-electron chi connectivity index (χ2n) is 6.66. The molecule has 1 rings (SSSR count). The van der Waals surface area contributed by atoms with Gasteiger partial charge in [-0.2, -0.15) is 0 Å². The molecule has 0 heterocycles. The molecule has 0 aliphatic rings. The monoisotopic (exact) mass is 310 g/mol. The zero-order valence-corrected chi connectivity index (χ0v) is 15.0. The van der Waals surface area contributed by atoms with Crippen molar-refractivity contribution in [3.63, 3.8) is 0 Å². The highest BCUT2D eigenvalue weighted by atomic mass is 35.5. The van der Waals surface area contributed by atoms with Gasteiger partial charge < -0.3 is 10.2 Å². The van der Waals surface area contributed by atoms with E-state index in [1.54, 1.807) is 0 Å². The summed E-state index contributed by atoms with van der Waals surface area (Å²) in [6, 6.07) is 6.27. The summed E-state index contributed by atoms with van der Waals surface area (Å²) >= 11 is 6.17. The molecule has 0 radical (unpaired) electrons. The molecule has 0 aliphatic carbocycles. The lowest BCUT2D eigenvalue weighted by Crippen LogP contribution is -2.29. The Kier molecular flexibility index (Phi) is 8.13. The molecule has 1 N–H and O–H groups in total. The molecule has 0 aliphatic heterocycles. The van der Waals surface area contributed by atoms with E-state index in [2.05, 4.69) is 50.0 Å². The smallest absolute Gasteiger partial charge is 0.0412 e. The standard InChI is InChI=1S/C18H31ClN2/c1-14(2)8-10-21(11-9-15(3)4)18-7-6-17(19)12-16(18)13-20-5/h6-7,12,14-15,20H,8-11,13H2,1-5H3. The van der Waals surface area contributed by atoms with Gasteiger partial charge in [-0.1, -0.05) is 39.3 Å². The highest BCUT2D eigenvalue weighted by Gasteiger charge is 2.13. The number of halogens is 1. The summed E-state index contributed by atoms with van der Waals surface area (Å²) in [5.41, 5.74) is 2.62. The number of nitrogens with one attached hydrogen (secondary N) is 1. The van der Waals surface area contributed by atoms with Gasteiger partial charge in [0.1, 0.15) is 0 Å². The van der Waals surface area contributed by atoms with Gasteiger partial charge in [0.25, 0.3) is 0 Å². The molecule has 0 saturated heterocycles. The van der Waals surface area contributed by atoms with Gasteiger partial charge in [-0.25, -0.2) is 0 Å². The molecule has 1 aromatic carbocycles. The third-order valence-corrected chi connectivity index (χ3v) is 3.94. The Bertz CT molecular complexity index is 404. The van der Waals surface area contributed by atoms with E-state index in [0.717, 1.165) is 36.5 Å². The molecule has 21 heavy (non-hydrogen) atoms. The van der Waals surface area contributed by atoms with Gasteiger partial charge in [-0.15, -0.1) is 0 Å². The lowest BCUT2D eigenvalue weighted by atomic mass is 10.1. The van der Waals surface area contributed by atoms with Gasteiger partial charge >= 0.3 is 0 Å². The Morgan fingerprint density at radius 2 is 1.62 bits per heavy atom. The van der Waals surface area contributed by atoms with Gasteiger partial charge in [0.2, 0.25) is 0 Å². The van der Waals surface area contributed by atoms with Crippen molar-refractivity contribution in [2.24, 2.45) is 11.8 Å². The van der Waals surface area contributed by atoms with E-state index in [9.17, 15) is 0 Å². The van der Waals surface area contributed by atoms with Crippen LogP contribution >= 0.6 is 11.6 Å². The molecule has 0 bridgehead atoms. The number of benzene rings is 1. The fourth-order valence-corrected chi connectivity index (χ4v) is 2.57. The minimum Gasteiger partial charge on any atom is -0.371 e. The molecule has 0 fully saturated rings. The number of nitrogens with zero attached hydrogens (tertiary/aromatic N) is 1. The van der Waals surface area contributed by atoms with Crippen molar-refractivity contribution >= 4 is 17.3 Å². The van der Waals surface area contributed by atoms with Crippen LogP contribution in [0.3, 0.4) is 0 Å². The Labute approximate surface area is 135 Å². The topological polar surface area (TPSA) is 15.3 Å². The third kappa shape index (κ3) is 6.71. The van der Waals surface area contributed by atoms with E-state index < -0.39 is 0 Å². The van der Waals surface area contributed by atoms with Crippen molar-refractivity contribution in [3.05, 3.63) is 28.8 Å². The van der Waals surface area contributed by atoms with Crippen molar-refractivity contribution in [2.45, 2.75) is 47.1 Å². The maximum atomic E-state index is 6.17. The molecule has 0 spiro atoms. The van der Waals surface area contributed by atoms with Gasteiger partial charge in [0.05, 0.1) is 0 Å². The van der Waals surface area contributed by atoms with Crippen LogP contribution in [-0.2, 0) is 6.54 Å². The summed E-state index contributed by atoms with van der Waals surface area (Å²) < 4.78 is 0. The molecule has 3 heteroatoms. The van der Waals surface area contributed by atoms with Crippen LogP contribution in [0.2, 0.25) is 5.02 Å². The fourth-order valence-electron chi connectivity index (χ4n) is 2.38. The average molecular weight is 311 g/mol. The number of anilines is 1. The first kappa shape index (κ1) is 18.3. The summed E-state index contributed by atoms with van der Waals surface area (Å²) in [5, 5.41) is 4.07. The molecular formula is C18H31ClN2. The van der Waals surface area contributed by atoms with E-state index >= 15 is 0 Å². The molecule has 0 atom stereocenters. The predicted octanol–water partition coefficient (Wildman–Crippen LogP) is 4.96. The summed E-state index contributed by atoms with van der Waals surface area (Å²) in [6.07, 6.45) is 2.44. The summed E-state index contributed by atoms with van der Waals surface area (Å²) in [4.78, 5) is 2.53. The summed E-state index contributed by atoms with van der Waals surface area (Å²) in [6.45, 7) is 12.2. The van der Waals surface area contributed by atoms with E-state index in [1.165, 1.54) is 24.1 Å². The van der Waals surface area contributed by atoms with Crippen LogP contribution < -0.4 is 10.2 Å². The highest BCUT2D eigenvalue weighted by molar-refractivity contribution is 6.30. The van der Waals surface area contributed by atoms with Crippen LogP contribution in [0.25, 0.3) is 0 Å². The normalized spacial score (nSPS) is 11.4.